The standard InChI is InChI=1S/C11H18F3NO3/c1-7-5-15(8(16)18-9(2,3)4)6-10(7,17)11(12,13)14/h7,17H,5-6H2,1-4H3/t7-,10-/m0/s1. The summed E-state index contributed by atoms with van der Waals surface area (Å²) in [7, 11) is 0. The largest absolute Gasteiger partial charge is 0.444 e. The molecule has 4 nitrogen and oxygen atoms in total. The molecule has 0 aromatic carbocycles. The lowest BCUT2D eigenvalue weighted by Gasteiger charge is -2.29. The van der Waals surface area contributed by atoms with E-state index in [-0.39, 0.29) is 6.54 Å². The number of alkyl halides is 3. The van der Waals surface area contributed by atoms with Crippen molar-refractivity contribution >= 4 is 6.09 Å². The minimum Gasteiger partial charge on any atom is -0.444 e. The molecule has 0 bridgehead atoms. The second-order valence-corrected chi connectivity index (χ2v) is 5.68. The first-order valence-corrected chi connectivity index (χ1v) is 5.64. The summed E-state index contributed by atoms with van der Waals surface area (Å²) >= 11 is 0. The molecule has 18 heavy (non-hydrogen) atoms. The van der Waals surface area contributed by atoms with Gasteiger partial charge in [-0.1, -0.05) is 6.92 Å². The average molecular weight is 269 g/mol. The summed E-state index contributed by atoms with van der Waals surface area (Å²) in [6, 6.07) is 0. The predicted molar refractivity (Wildman–Crippen MR) is 58.0 cm³/mol. The van der Waals surface area contributed by atoms with Crippen molar-refractivity contribution in [3.63, 3.8) is 0 Å². The normalized spacial score (nSPS) is 29.6. The highest BCUT2D eigenvalue weighted by atomic mass is 19.4. The van der Waals surface area contributed by atoms with Crippen molar-refractivity contribution in [2.45, 2.75) is 45.1 Å². The van der Waals surface area contributed by atoms with Gasteiger partial charge in [0.15, 0.2) is 5.60 Å². The molecule has 0 spiro atoms. The number of carbonyl (C=O) groups is 1. The van der Waals surface area contributed by atoms with Crippen molar-refractivity contribution in [3.8, 4) is 0 Å². The van der Waals surface area contributed by atoms with Crippen molar-refractivity contribution in [3.05, 3.63) is 0 Å². The summed E-state index contributed by atoms with van der Waals surface area (Å²) in [4.78, 5) is 12.5. The molecular weight excluding hydrogens is 251 g/mol. The van der Waals surface area contributed by atoms with Gasteiger partial charge in [0, 0.05) is 12.5 Å². The van der Waals surface area contributed by atoms with Crippen LogP contribution in [0.2, 0.25) is 0 Å². The highest BCUT2D eigenvalue weighted by Crippen LogP contribution is 2.41. The topological polar surface area (TPSA) is 49.8 Å². The first-order valence-electron chi connectivity index (χ1n) is 5.64. The van der Waals surface area contributed by atoms with Crippen molar-refractivity contribution in [1.82, 2.24) is 4.90 Å². The molecule has 0 saturated carbocycles. The molecule has 1 rings (SSSR count). The van der Waals surface area contributed by atoms with Crippen LogP contribution in [0.3, 0.4) is 0 Å². The fourth-order valence-corrected chi connectivity index (χ4v) is 1.83. The number of β-amino-alcohol motifs (C(OH)–C–C–N with tert-alkyl or cyclic N) is 1. The zero-order valence-electron chi connectivity index (χ0n) is 10.8. The van der Waals surface area contributed by atoms with E-state index in [0.29, 0.717) is 0 Å². The summed E-state index contributed by atoms with van der Waals surface area (Å²) in [5.74, 6) is -1.08. The van der Waals surface area contributed by atoms with E-state index in [1.54, 1.807) is 20.8 Å². The highest BCUT2D eigenvalue weighted by molar-refractivity contribution is 5.68. The Bertz CT molecular complexity index is 337. The van der Waals surface area contributed by atoms with Gasteiger partial charge < -0.3 is 14.7 Å². The zero-order valence-corrected chi connectivity index (χ0v) is 10.8. The molecule has 1 saturated heterocycles. The van der Waals surface area contributed by atoms with Gasteiger partial charge in [-0.05, 0) is 20.8 Å². The van der Waals surface area contributed by atoms with Crippen LogP contribution in [0.4, 0.5) is 18.0 Å². The maximum atomic E-state index is 12.7. The number of likely N-dealkylation sites (tertiary alicyclic amines) is 1. The number of ether oxygens (including phenoxy) is 1. The molecule has 7 heteroatoms. The van der Waals surface area contributed by atoms with E-state index in [1.807, 2.05) is 0 Å². The Kier molecular flexibility index (Phi) is 3.60. The number of hydrogen-bond acceptors (Lipinski definition) is 3. The number of rotatable bonds is 0. The van der Waals surface area contributed by atoms with Crippen LogP contribution < -0.4 is 0 Å². The van der Waals surface area contributed by atoms with Gasteiger partial charge in [-0.3, -0.25) is 0 Å². The number of aliphatic hydroxyl groups is 1. The van der Waals surface area contributed by atoms with E-state index >= 15 is 0 Å². The third kappa shape index (κ3) is 2.88. The SMILES string of the molecule is C[C@H]1CN(C(=O)OC(C)(C)C)C[C@@]1(O)C(F)(F)F. The number of nitrogens with zero attached hydrogens (tertiary/aromatic N) is 1. The lowest BCUT2D eigenvalue weighted by molar-refractivity contribution is -0.265. The second-order valence-electron chi connectivity index (χ2n) is 5.68. The quantitative estimate of drug-likeness (QED) is 0.733. The van der Waals surface area contributed by atoms with E-state index in [9.17, 15) is 23.1 Å². The predicted octanol–water partition coefficient (Wildman–Crippen LogP) is 2.17. The molecule has 1 fully saturated rings. The minimum atomic E-state index is -4.76. The van der Waals surface area contributed by atoms with Crippen molar-refractivity contribution in [2.24, 2.45) is 5.92 Å². The van der Waals surface area contributed by atoms with Crippen molar-refractivity contribution < 1.29 is 27.8 Å². The summed E-state index contributed by atoms with van der Waals surface area (Å²) in [5.41, 5.74) is -3.64. The molecule has 0 unspecified atom stereocenters. The molecule has 0 aromatic heterocycles. The van der Waals surface area contributed by atoms with Crippen LogP contribution >= 0.6 is 0 Å². The van der Waals surface area contributed by atoms with E-state index in [4.69, 9.17) is 4.74 Å². The maximum absolute atomic E-state index is 12.7. The fraction of sp³-hybridized carbons (Fsp3) is 0.909. The van der Waals surface area contributed by atoms with Crippen molar-refractivity contribution in [1.29, 1.82) is 0 Å². The first-order chi connectivity index (χ1) is 7.87. The third-order valence-corrected chi connectivity index (χ3v) is 2.88. The molecule has 1 N–H and O–H groups in total. The minimum absolute atomic E-state index is 0.176. The van der Waals surface area contributed by atoms with Gasteiger partial charge in [0.25, 0.3) is 0 Å². The molecule has 1 aliphatic rings. The lowest BCUT2D eigenvalue weighted by atomic mass is 9.92. The maximum Gasteiger partial charge on any atom is 0.419 e. The molecule has 0 radical (unpaired) electrons. The zero-order chi connectivity index (χ0) is 14.4. The first kappa shape index (κ1) is 15.1. The molecule has 1 heterocycles. The molecule has 2 atom stereocenters. The van der Waals surface area contributed by atoms with Gasteiger partial charge in [0.05, 0.1) is 6.54 Å². The smallest absolute Gasteiger partial charge is 0.419 e. The molecule has 106 valence electrons. The van der Waals surface area contributed by atoms with E-state index in [0.717, 1.165) is 4.90 Å². The van der Waals surface area contributed by atoms with Crippen molar-refractivity contribution in [2.75, 3.05) is 13.1 Å². The van der Waals surface area contributed by atoms with Gasteiger partial charge in [-0.15, -0.1) is 0 Å². The number of hydrogen-bond donors (Lipinski definition) is 1. The lowest BCUT2D eigenvalue weighted by Crippen LogP contribution is -2.51. The number of carbonyl (C=O) groups excluding carboxylic acids is 1. The van der Waals surface area contributed by atoms with Crippen LogP contribution in [0.5, 0.6) is 0 Å². The van der Waals surface area contributed by atoms with Gasteiger partial charge in [-0.25, -0.2) is 4.79 Å². The highest BCUT2D eigenvalue weighted by Gasteiger charge is 2.62. The Morgan fingerprint density at radius 2 is 1.89 bits per heavy atom. The molecular formula is C11H18F3NO3. The van der Waals surface area contributed by atoms with Crippen LogP contribution in [0.15, 0.2) is 0 Å². The Morgan fingerprint density at radius 3 is 2.22 bits per heavy atom. The molecule has 0 aliphatic carbocycles. The molecule has 1 amide bonds. The van der Waals surface area contributed by atoms with Gasteiger partial charge in [0.1, 0.15) is 5.60 Å². The second kappa shape index (κ2) is 4.29. The number of halogens is 3. The van der Waals surface area contributed by atoms with Crippen LogP contribution in [-0.2, 0) is 4.74 Å². The summed E-state index contributed by atoms with van der Waals surface area (Å²) in [6.07, 6.45) is -5.60. The van der Waals surface area contributed by atoms with Crippen LogP contribution in [-0.4, -0.2) is 46.6 Å². The van der Waals surface area contributed by atoms with Gasteiger partial charge in [-0.2, -0.15) is 13.2 Å². The number of amides is 1. The summed E-state index contributed by atoms with van der Waals surface area (Å²) in [5, 5.41) is 9.64. The Balaban J connectivity index is 2.79. The Hall–Kier alpha value is -0.980. The van der Waals surface area contributed by atoms with E-state index in [2.05, 4.69) is 0 Å². The third-order valence-electron chi connectivity index (χ3n) is 2.88. The summed E-state index contributed by atoms with van der Waals surface area (Å²) in [6.45, 7) is 5.18. The molecule has 1 aliphatic heterocycles. The van der Waals surface area contributed by atoms with Crippen LogP contribution in [0.1, 0.15) is 27.7 Å². The molecule has 0 aromatic rings. The Morgan fingerprint density at radius 1 is 1.39 bits per heavy atom. The monoisotopic (exact) mass is 269 g/mol. The van der Waals surface area contributed by atoms with Gasteiger partial charge >= 0.3 is 12.3 Å². The average Bonchev–Trinajstić information content (AvgIpc) is 2.40. The Labute approximate surface area is 104 Å². The van der Waals surface area contributed by atoms with E-state index in [1.165, 1.54) is 6.92 Å². The fourth-order valence-electron chi connectivity index (χ4n) is 1.83. The van der Waals surface area contributed by atoms with Crippen LogP contribution in [0.25, 0.3) is 0 Å². The van der Waals surface area contributed by atoms with E-state index < -0.39 is 35.9 Å². The van der Waals surface area contributed by atoms with Gasteiger partial charge in [0.2, 0.25) is 0 Å². The van der Waals surface area contributed by atoms with Crippen LogP contribution in [0, 0.1) is 5.92 Å². The summed E-state index contributed by atoms with van der Waals surface area (Å²) < 4.78 is 43.2.